The summed E-state index contributed by atoms with van der Waals surface area (Å²) in [5.74, 6) is -41.4. The average Bonchev–Trinajstić information content (AvgIpc) is 2.73. The summed E-state index contributed by atoms with van der Waals surface area (Å²) in [6.45, 7) is -5.11. The molecule has 260 valence electrons. The second-order valence-corrected chi connectivity index (χ2v) is 11.2. The Bertz CT molecular complexity index is 1160. The van der Waals surface area contributed by atoms with Gasteiger partial charge in [0.15, 0.2) is 5.41 Å². The van der Waals surface area contributed by atoms with Crippen molar-refractivity contribution in [2.45, 2.75) is 100 Å². The van der Waals surface area contributed by atoms with E-state index in [2.05, 4.69) is 9.47 Å². The van der Waals surface area contributed by atoms with Gasteiger partial charge in [-0.05, 0) is 19.3 Å². The third-order valence-corrected chi connectivity index (χ3v) is 9.11. The summed E-state index contributed by atoms with van der Waals surface area (Å²) in [7, 11) is 0. The van der Waals surface area contributed by atoms with Crippen molar-refractivity contribution >= 4 is 0 Å². The van der Waals surface area contributed by atoms with E-state index in [9.17, 15) is 43.9 Å². The highest BCUT2D eigenvalue weighted by atomic mass is 19.3. The number of hydrogen-bond acceptors (Lipinski definition) is 3. The van der Waals surface area contributed by atoms with Crippen LogP contribution in [0.2, 0.25) is 0 Å². The summed E-state index contributed by atoms with van der Waals surface area (Å²) in [4.78, 5) is 0. The first-order valence-corrected chi connectivity index (χ1v) is 11.7. The minimum absolute atomic E-state index is 0.0332. The molecule has 4 atom stereocenters. The van der Waals surface area contributed by atoms with E-state index in [1.165, 1.54) is 0 Å². The fourth-order valence-corrected chi connectivity index (χ4v) is 7.17. The molecule has 0 amide bonds. The fraction of sp³-hybridized carbons (Fsp3) is 1.00. The maximum Gasteiger partial charge on any atom is 0.453 e. The van der Waals surface area contributed by atoms with E-state index in [1.807, 2.05) is 0 Å². The number of rotatable bonds is 10. The molecule has 0 aromatic heterocycles. The van der Waals surface area contributed by atoms with Gasteiger partial charge in [0, 0.05) is 13.8 Å². The topological polar surface area (TPSA) is 38.7 Å². The predicted molar refractivity (Wildman–Crippen MR) is 99.3 cm³/mol. The molecule has 3 nitrogen and oxygen atoms in total. The Morgan fingerprint density at radius 2 is 1.02 bits per heavy atom. The average molecular weight is 698 g/mol. The molecule has 44 heavy (non-hydrogen) atoms. The van der Waals surface area contributed by atoms with Crippen LogP contribution < -0.4 is 0 Å². The SMILES string of the molecule is CCC12CC3(C(C)(F)F)CC(C(F)(F)OC(F)(F)C(F)(F)OC(F)(F)CO)(C1(F)F)C(F)(F)C(C(C)(F)F)(C3(F)F)C2(F)F. The normalized spacial score (nSPS) is 36.5. The molecular weight excluding hydrogens is 680 g/mol. The molecule has 0 aromatic rings. The molecule has 4 saturated carbocycles. The zero-order valence-electron chi connectivity index (χ0n) is 21.7. The molecule has 4 unspecified atom stereocenters. The van der Waals surface area contributed by atoms with Crippen LogP contribution in [0.3, 0.4) is 0 Å². The third kappa shape index (κ3) is 3.39. The van der Waals surface area contributed by atoms with E-state index < -0.39 is 121 Å². The maximum atomic E-state index is 16.0. The largest absolute Gasteiger partial charge is 0.453 e. The molecule has 1 N–H and O–H groups in total. The molecule has 0 aliphatic heterocycles. The minimum atomic E-state index is -7.91. The Hall–Kier alpha value is -1.52. The first-order chi connectivity index (χ1) is 18.9. The van der Waals surface area contributed by atoms with E-state index in [4.69, 9.17) is 5.11 Å². The summed E-state index contributed by atoms with van der Waals surface area (Å²) in [5, 5.41) is 8.19. The number of alkyl halides is 20. The fourth-order valence-electron chi connectivity index (χ4n) is 7.17. The van der Waals surface area contributed by atoms with Gasteiger partial charge in [-0.15, -0.1) is 0 Å². The van der Waals surface area contributed by atoms with Crippen LogP contribution in [0.1, 0.15) is 40.0 Å². The Morgan fingerprint density at radius 1 is 0.591 bits per heavy atom. The summed E-state index contributed by atoms with van der Waals surface area (Å²) in [6, 6.07) is 0. The second-order valence-electron chi connectivity index (χ2n) is 11.2. The van der Waals surface area contributed by atoms with Crippen molar-refractivity contribution in [2.75, 3.05) is 6.61 Å². The van der Waals surface area contributed by atoms with Crippen LogP contribution in [0.4, 0.5) is 87.8 Å². The van der Waals surface area contributed by atoms with Crippen LogP contribution in [-0.4, -0.2) is 71.7 Å². The molecule has 23 heteroatoms. The third-order valence-electron chi connectivity index (χ3n) is 9.11. The lowest BCUT2D eigenvalue weighted by atomic mass is 9.27. The van der Waals surface area contributed by atoms with Crippen LogP contribution >= 0.6 is 0 Å². The molecule has 0 radical (unpaired) electrons. The van der Waals surface area contributed by atoms with E-state index in [-0.39, 0.29) is 6.92 Å². The smallest absolute Gasteiger partial charge is 0.387 e. The van der Waals surface area contributed by atoms with E-state index >= 15 is 43.9 Å². The van der Waals surface area contributed by atoms with Crippen LogP contribution in [0.25, 0.3) is 0 Å². The van der Waals surface area contributed by atoms with Crippen molar-refractivity contribution in [3.8, 4) is 0 Å². The van der Waals surface area contributed by atoms with Gasteiger partial charge < -0.3 is 5.11 Å². The van der Waals surface area contributed by atoms with Crippen molar-refractivity contribution in [2.24, 2.45) is 21.7 Å². The lowest BCUT2D eigenvalue weighted by Gasteiger charge is -2.79. The van der Waals surface area contributed by atoms with Crippen molar-refractivity contribution in [1.29, 1.82) is 0 Å². The lowest BCUT2D eigenvalue weighted by molar-refractivity contribution is -0.621. The van der Waals surface area contributed by atoms with Gasteiger partial charge in [0.25, 0.3) is 35.5 Å². The molecule has 4 fully saturated rings. The van der Waals surface area contributed by atoms with Gasteiger partial charge >= 0.3 is 24.4 Å². The molecule has 4 bridgehead atoms. The number of halogens is 20. The molecule has 0 heterocycles. The van der Waals surface area contributed by atoms with Crippen LogP contribution in [-0.2, 0) is 9.47 Å². The highest BCUT2D eigenvalue weighted by Crippen LogP contribution is 2.95. The van der Waals surface area contributed by atoms with Crippen LogP contribution in [0.15, 0.2) is 0 Å². The summed E-state index contributed by atoms with van der Waals surface area (Å²) in [6.07, 6.45) is -38.2. The summed E-state index contributed by atoms with van der Waals surface area (Å²) >= 11 is 0. The highest BCUT2D eigenvalue weighted by Gasteiger charge is 3.13. The molecule has 4 rings (SSSR count). The van der Waals surface area contributed by atoms with Crippen molar-refractivity contribution in [3.05, 3.63) is 0 Å². The van der Waals surface area contributed by atoms with E-state index in [0.717, 1.165) is 0 Å². The maximum absolute atomic E-state index is 16.0. The summed E-state index contributed by atoms with van der Waals surface area (Å²) < 4.78 is 305. The van der Waals surface area contributed by atoms with Gasteiger partial charge in [-0.3, -0.25) is 0 Å². The Kier molecular flexibility index (Phi) is 7.29. The standard InChI is InChI=1S/C21H18F20O3/c1-4-10-5-11(8(2,22)23)6-12(15(10,28)29,18(34,35)14(9(3,24)25,16(10,30)31)17(11,32)33)19(36,37)44-21(40,41)20(38,39)43-13(26,27)7-42/h42H,4-7H2,1-3H3. The van der Waals surface area contributed by atoms with Crippen molar-refractivity contribution in [3.63, 3.8) is 0 Å². The zero-order valence-corrected chi connectivity index (χ0v) is 21.7. The molecule has 4 aliphatic rings. The highest BCUT2D eigenvalue weighted by molar-refractivity contribution is 5.44. The van der Waals surface area contributed by atoms with Gasteiger partial charge in [0.05, 0.1) is 0 Å². The van der Waals surface area contributed by atoms with Crippen molar-refractivity contribution < 1.29 is 102 Å². The predicted octanol–water partition coefficient (Wildman–Crippen LogP) is 8.41. The Morgan fingerprint density at radius 3 is 1.39 bits per heavy atom. The Labute approximate surface area is 231 Å². The number of ether oxygens (including phenoxy) is 2. The van der Waals surface area contributed by atoms with Gasteiger partial charge in [-0.25, -0.2) is 62.2 Å². The van der Waals surface area contributed by atoms with Gasteiger partial charge in [0.1, 0.15) is 17.4 Å². The first-order valence-electron chi connectivity index (χ1n) is 11.7. The lowest BCUT2D eigenvalue weighted by Crippen LogP contribution is -2.98. The molecule has 0 spiro atoms. The molecule has 0 saturated heterocycles. The van der Waals surface area contributed by atoms with E-state index in [1.54, 1.807) is 0 Å². The molecule has 0 aromatic carbocycles. The van der Waals surface area contributed by atoms with Crippen LogP contribution in [0, 0.1) is 21.7 Å². The number of aliphatic hydroxyl groups excluding tert-OH is 1. The number of aliphatic hydroxyl groups is 1. The van der Waals surface area contributed by atoms with Crippen LogP contribution in [0.5, 0.6) is 0 Å². The monoisotopic (exact) mass is 698 g/mol. The van der Waals surface area contributed by atoms with Gasteiger partial charge in [-0.1, -0.05) is 6.92 Å². The van der Waals surface area contributed by atoms with Gasteiger partial charge in [-0.2, -0.15) is 35.1 Å². The van der Waals surface area contributed by atoms with E-state index in [0.29, 0.717) is 0 Å². The first kappa shape index (κ1) is 36.9. The minimum Gasteiger partial charge on any atom is -0.387 e. The second kappa shape index (κ2) is 8.68. The van der Waals surface area contributed by atoms with Gasteiger partial charge in [0.2, 0.25) is 5.41 Å². The summed E-state index contributed by atoms with van der Waals surface area (Å²) in [5.41, 5.74) is -25.5. The Balaban J connectivity index is 2.57. The zero-order chi connectivity index (χ0) is 35.2. The number of hydrogen-bond donors (Lipinski definition) is 1. The van der Waals surface area contributed by atoms with Crippen molar-refractivity contribution in [1.82, 2.24) is 0 Å². The molecular formula is C21H18F20O3. The molecule has 4 aliphatic carbocycles. The quantitative estimate of drug-likeness (QED) is 0.233.